The monoisotopic (exact) mass is 216 g/mol. The minimum absolute atomic E-state index is 0.0598. The van der Waals surface area contributed by atoms with E-state index in [-0.39, 0.29) is 17.0 Å². The van der Waals surface area contributed by atoms with Crippen LogP contribution in [0.5, 0.6) is 0 Å². The van der Waals surface area contributed by atoms with Crippen molar-refractivity contribution in [2.75, 3.05) is 0 Å². The standard InChI is InChI=1S/C14H16O2/c1-11(15)5-8-14-7-3-2-4-12(14)10-13(16)6-9-14/h5-6,8-10H,2-4,7H2,1H3/b8-5+. The van der Waals surface area contributed by atoms with E-state index < -0.39 is 0 Å². The average molecular weight is 216 g/mol. The van der Waals surface area contributed by atoms with Crippen LogP contribution in [0.1, 0.15) is 32.6 Å². The van der Waals surface area contributed by atoms with E-state index in [1.165, 1.54) is 5.57 Å². The van der Waals surface area contributed by atoms with Gasteiger partial charge in [0.25, 0.3) is 0 Å². The van der Waals surface area contributed by atoms with Crippen LogP contribution in [-0.4, -0.2) is 11.6 Å². The van der Waals surface area contributed by atoms with Crippen LogP contribution < -0.4 is 0 Å². The average Bonchev–Trinajstić information content (AvgIpc) is 2.27. The molecule has 16 heavy (non-hydrogen) atoms. The van der Waals surface area contributed by atoms with Gasteiger partial charge >= 0.3 is 0 Å². The van der Waals surface area contributed by atoms with E-state index >= 15 is 0 Å². The zero-order chi connectivity index (χ0) is 11.6. The Balaban J connectivity index is 2.34. The zero-order valence-corrected chi connectivity index (χ0v) is 9.53. The molecule has 0 radical (unpaired) electrons. The molecule has 2 aliphatic carbocycles. The Labute approximate surface area is 95.7 Å². The van der Waals surface area contributed by atoms with Crippen LogP contribution in [0.25, 0.3) is 0 Å². The predicted octanol–water partition coefficient (Wildman–Crippen LogP) is 2.76. The Morgan fingerprint density at radius 3 is 3.00 bits per heavy atom. The minimum Gasteiger partial charge on any atom is -0.295 e. The van der Waals surface area contributed by atoms with E-state index in [9.17, 15) is 9.59 Å². The highest BCUT2D eigenvalue weighted by atomic mass is 16.1. The molecule has 2 rings (SSSR count). The lowest BCUT2D eigenvalue weighted by Crippen LogP contribution is -2.26. The number of ketones is 2. The van der Waals surface area contributed by atoms with Gasteiger partial charge in [0.1, 0.15) is 0 Å². The number of hydrogen-bond donors (Lipinski definition) is 0. The van der Waals surface area contributed by atoms with Crippen LogP contribution in [0, 0.1) is 5.41 Å². The molecule has 2 heteroatoms. The third kappa shape index (κ3) is 2.06. The predicted molar refractivity (Wildman–Crippen MR) is 63.0 cm³/mol. The fourth-order valence-corrected chi connectivity index (χ4v) is 2.49. The van der Waals surface area contributed by atoms with Gasteiger partial charge in [0.05, 0.1) is 0 Å². The summed E-state index contributed by atoms with van der Waals surface area (Å²) in [6, 6.07) is 0. The van der Waals surface area contributed by atoms with Crippen molar-refractivity contribution >= 4 is 11.6 Å². The van der Waals surface area contributed by atoms with Crippen LogP contribution >= 0.6 is 0 Å². The second-order valence-corrected chi connectivity index (χ2v) is 4.60. The van der Waals surface area contributed by atoms with Crippen molar-refractivity contribution in [2.24, 2.45) is 5.41 Å². The molecular formula is C14H16O2. The van der Waals surface area contributed by atoms with E-state index in [0.29, 0.717) is 0 Å². The highest BCUT2D eigenvalue weighted by molar-refractivity contribution is 6.01. The third-order valence-electron chi connectivity index (χ3n) is 3.36. The maximum Gasteiger partial charge on any atom is 0.178 e. The molecular weight excluding hydrogens is 200 g/mol. The van der Waals surface area contributed by atoms with Crippen molar-refractivity contribution < 1.29 is 9.59 Å². The van der Waals surface area contributed by atoms with Crippen molar-refractivity contribution in [3.8, 4) is 0 Å². The maximum absolute atomic E-state index is 11.3. The smallest absolute Gasteiger partial charge is 0.178 e. The molecule has 2 nitrogen and oxygen atoms in total. The molecule has 0 spiro atoms. The quantitative estimate of drug-likeness (QED) is 0.665. The molecule has 2 aliphatic rings. The molecule has 0 N–H and O–H groups in total. The Morgan fingerprint density at radius 2 is 2.25 bits per heavy atom. The minimum atomic E-state index is -0.155. The Kier molecular flexibility index (Phi) is 2.90. The Bertz CT molecular complexity index is 412. The van der Waals surface area contributed by atoms with Gasteiger partial charge in [-0.3, -0.25) is 9.59 Å². The molecule has 0 aromatic rings. The number of allylic oxidation sites excluding steroid dienone is 6. The van der Waals surface area contributed by atoms with Crippen LogP contribution in [0.2, 0.25) is 0 Å². The molecule has 1 atom stereocenters. The number of hydrogen-bond acceptors (Lipinski definition) is 2. The third-order valence-corrected chi connectivity index (χ3v) is 3.36. The second-order valence-electron chi connectivity index (χ2n) is 4.60. The van der Waals surface area contributed by atoms with Gasteiger partial charge in [0.15, 0.2) is 11.6 Å². The lowest BCUT2D eigenvalue weighted by atomic mass is 9.67. The van der Waals surface area contributed by atoms with Gasteiger partial charge in [-0.15, -0.1) is 0 Å². The fraction of sp³-hybridized carbons (Fsp3) is 0.429. The van der Waals surface area contributed by atoms with Gasteiger partial charge in [0.2, 0.25) is 0 Å². The molecule has 0 bridgehead atoms. The molecule has 0 aromatic carbocycles. The van der Waals surface area contributed by atoms with Gasteiger partial charge in [-0.1, -0.05) is 24.1 Å². The Morgan fingerprint density at radius 1 is 1.44 bits per heavy atom. The zero-order valence-electron chi connectivity index (χ0n) is 9.53. The summed E-state index contributed by atoms with van der Waals surface area (Å²) in [6.07, 6.45) is 13.2. The van der Waals surface area contributed by atoms with E-state index in [2.05, 4.69) is 0 Å². The van der Waals surface area contributed by atoms with Crippen LogP contribution in [0.4, 0.5) is 0 Å². The van der Waals surface area contributed by atoms with E-state index in [4.69, 9.17) is 0 Å². The fourth-order valence-electron chi connectivity index (χ4n) is 2.49. The summed E-state index contributed by atoms with van der Waals surface area (Å²) in [6.45, 7) is 1.55. The molecule has 0 aliphatic heterocycles. The Hall–Kier alpha value is -1.44. The van der Waals surface area contributed by atoms with Crippen molar-refractivity contribution in [3.05, 3.63) is 36.0 Å². The first-order chi connectivity index (χ1) is 7.62. The van der Waals surface area contributed by atoms with Crippen LogP contribution in [0.3, 0.4) is 0 Å². The van der Waals surface area contributed by atoms with Crippen molar-refractivity contribution in [1.82, 2.24) is 0 Å². The normalized spacial score (nSPS) is 29.1. The first kappa shape index (κ1) is 11.1. The van der Waals surface area contributed by atoms with Crippen LogP contribution in [0.15, 0.2) is 36.0 Å². The lowest BCUT2D eigenvalue weighted by molar-refractivity contribution is -0.112. The highest BCUT2D eigenvalue weighted by Gasteiger charge is 2.33. The van der Waals surface area contributed by atoms with Gasteiger partial charge in [-0.25, -0.2) is 0 Å². The second kappa shape index (κ2) is 4.20. The van der Waals surface area contributed by atoms with Crippen molar-refractivity contribution in [1.29, 1.82) is 0 Å². The first-order valence-corrected chi connectivity index (χ1v) is 5.76. The number of carbonyl (C=O) groups excluding carboxylic acids is 2. The van der Waals surface area contributed by atoms with Crippen LogP contribution in [-0.2, 0) is 9.59 Å². The maximum atomic E-state index is 11.3. The first-order valence-electron chi connectivity index (χ1n) is 5.76. The largest absolute Gasteiger partial charge is 0.295 e. The molecule has 84 valence electrons. The molecule has 0 amide bonds. The molecule has 1 fully saturated rings. The summed E-state index contributed by atoms with van der Waals surface area (Å²) in [7, 11) is 0. The van der Waals surface area contributed by atoms with Gasteiger partial charge in [-0.2, -0.15) is 0 Å². The van der Waals surface area contributed by atoms with Gasteiger partial charge in [0, 0.05) is 5.41 Å². The van der Waals surface area contributed by atoms with Gasteiger partial charge in [-0.05, 0) is 44.4 Å². The topological polar surface area (TPSA) is 34.1 Å². The molecule has 0 heterocycles. The molecule has 0 saturated heterocycles. The summed E-state index contributed by atoms with van der Waals surface area (Å²) in [4.78, 5) is 22.4. The number of rotatable bonds is 2. The summed E-state index contributed by atoms with van der Waals surface area (Å²) >= 11 is 0. The SMILES string of the molecule is CC(=O)/C=C/C12C=CC(=O)C=C1CCCC2. The highest BCUT2D eigenvalue weighted by Crippen LogP contribution is 2.45. The molecule has 1 saturated carbocycles. The van der Waals surface area contributed by atoms with Gasteiger partial charge < -0.3 is 0 Å². The van der Waals surface area contributed by atoms with Crippen molar-refractivity contribution in [3.63, 3.8) is 0 Å². The number of carbonyl (C=O) groups is 2. The summed E-state index contributed by atoms with van der Waals surface area (Å²) in [5.74, 6) is 0.133. The summed E-state index contributed by atoms with van der Waals surface area (Å²) in [5, 5.41) is 0. The van der Waals surface area contributed by atoms with E-state index in [0.717, 1.165) is 25.7 Å². The van der Waals surface area contributed by atoms with E-state index in [1.807, 2.05) is 12.2 Å². The number of fused-ring (bicyclic) bond motifs is 1. The molecule has 1 unspecified atom stereocenters. The summed E-state index contributed by atoms with van der Waals surface area (Å²) < 4.78 is 0. The van der Waals surface area contributed by atoms with E-state index in [1.54, 1.807) is 25.2 Å². The molecule has 0 aromatic heterocycles. The van der Waals surface area contributed by atoms with Crippen molar-refractivity contribution in [2.45, 2.75) is 32.6 Å². The lowest BCUT2D eigenvalue weighted by Gasteiger charge is -2.36. The summed E-state index contributed by atoms with van der Waals surface area (Å²) in [5.41, 5.74) is 1.02.